The molecular formula is C20H31IN4O2S. The van der Waals surface area contributed by atoms with Crippen molar-refractivity contribution >= 4 is 40.7 Å². The van der Waals surface area contributed by atoms with Crippen LogP contribution < -0.4 is 10.6 Å². The number of nitrogens with zero attached hydrogens (tertiary/aromatic N) is 2. The number of aromatic nitrogens is 1. The average molecular weight is 518 g/mol. The van der Waals surface area contributed by atoms with Crippen molar-refractivity contribution in [2.45, 2.75) is 45.9 Å². The van der Waals surface area contributed by atoms with Crippen LogP contribution in [-0.4, -0.2) is 34.2 Å². The summed E-state index contributed by atoms with van der Waals surface area (Å²) in [6, 6.07) is 9.93. The molecule has 0 fully saturated rings. The van der Waals surface area contributed by atoms with E-state index < -0.39 is 10.8 Å². The maximum Gasteiger partial charge on any atom is 0.191 e. The zero-order valence-electron chi connectivity index (χ0n) is 16.9. The van der Waals surface area contributed by atoms with Gasteiger partial charge in [-0.1, -0.05) is 49.3 Å². The minimum atomic E-state index is -0.905. The fourth-order valence-electron chi connectivity index (χ4n) is 2.73. The van der Waals surface area contributed by atoms with Gasteiger partial charge in [0.05, 0.1) is 12.2 Å². The van der Waals surface area contributed by atoms with E-state index in [9.17, 15) is 4.21 Å². The molecular weight excluding hydrogens is 487 g/mol. The Hall–Kier alpha value is -1.42. The van der Waals surface area contributed by atoms with Gasteiger partial charge in [-0.05, 0) is 18.9 Å². The zero-order chi connectivity index (χ0) is 19.5. The van der Waals surface area contributed by atoms with E-state index in [2.05, 4.69) is 34.6 Å². The molecule has 6 nitrogen and oxygen atoms in total. The fourth-order valence-corrected chi connectivity index (χ4v) is 3.77. The zero-order valence-corrected chi connectivity index (χ0v) is 20.0. The third-order valence-electron chi connectivity index (χ3n) is 4.14. The highest BCUT2D eigenvalue weighted by Crippen LogP contribution is 2.16. The van der Waals surface area contributed by atoms with Crippen LogP contribution in [-0.2, 0) is 35.9 Å². The van der Waals surface area contributed by atoms with Crippen molar-refractivity contribution in [1.82, 2.24) is 15.8 Å². The summed E-state index contributed by atoms with van der Waals surface area (Å²) < 4.78 is 17.7. The lowest BCUT2D eigenvalue weighted by atomic mass is 10.1. The molecule has 1 unspecified atom stereocenters. The molecule has 28 heavy (non-hydrogen) atoms. The SMILES string of the molecule is CCNC(=NCc1c(CC)noc1CC)NCCS(=O)Cc1ccccc1.I. The Labute approximate surface area is 187 Å². The van der Waals surface area contributed by atoms with Crippen LogP contribution in [0.15, 0.2) is 39.8 Å². The van der Waals surface area contributed by atoms with Crippen molar-refractivity contribution in [3.8, 4) is 0 Å². The van der Waals surface area contributed by atoms with E-state index in [-0.39, 0.29) is 24.0 Å². The summed E-state index contributed by atoms with van der Waals surface area (Å²) in [5.41, 5.74) is 3.14. The summed E-state index contributed by atoms with van der Waals surface area (Å²) in [6.07, 6.45) is 1.64. The highest BCUT2D eigenvalue weighted by molar-refractivity contribution is 14.0. The lowest BCUT2D eigenvalue weighted by Gasteiger charge is -2.11. The lowest BCUT2D eigenvalue weighted by Crippen LogP contribution is -2.39. The second kappa shape index (κ2) is 13.7. The van der Waals surface area contributed by atoms with Crippen LogP contribution in [0.4, 0.5) is 0 Å². The van der Waals surface area contributed by atoms with Crippen molar-refractivity contribution < 1.29 is 8.73 Å². The van der Waals surface area contributed by atoms with Gasteiger partial charge >= 0.3 is 0 Å². The van der Waals surface area contributed by atoms with Gasteiger partial charge in [0, 0.05) is 47.4 Å². The molecule has 2 rings (SSSR count). The van der Waals surface area contributed by atoms with Gasteiger partial charge in [0.2, 0.25) is 0 Å². The van der Waals surface area contributed by atoms with E-state index in [1.54, 1.807) is 0 Å². The molecule has 0 bridgehead atoms. The Balaban J connectivity index is 0.00000392. The number of nitrogens with one attached hydrogen (secondary N) is 2. The van der Waals surface area contributed by atoms with E-state index in [1.165, 1.54) is 0 Å². The number of aryl methyl sites for hydroxylation is 2. The second-order valence-corrected chi connectivity index (χ2v) is 7.71. The van der Waals surface area contributed by atoms with Crippen LogP contribution >= 0.6 is 24.0 Å². The van der Waals surface area contributed by atoms with E-state index in [0.717, 1.165) is 47.9 Å². The molecule has 0 spiro atoms. The van der Waals surface area contributed by atoms with Crippen molar-refractivity contribution in [3.63, 3.8) is 0 Å². The van der Waals surface area contributed by atoms with Gasteiger partial charge in [0.15, 0.2) is 5.96 Å². The number of rotatable bonds is 10. The molecule has 1 aromatic heterocycles. The van der Waals surface area contributed by atoms with Crippen LogP contribution in [0, 0.1) is 0 Å². The van der Waals surface area contributed by atoms with Gasteiger partial charge < -0.3 is 15.2 Å². The summed E-state index contributed by atoms with van der Waals surface area (Å²) >= 11 is 0. The molecule has 156 valence electrons. The van der Waals surface area contributed by atoms with Gasteiger partial charge in [-0.25, -0.2) is 4.99 Å². The largest absolute Gasteiger partial charge is 0.361 e. The normalized spacial score (nSPS) is 12.3. The van der Waals surface area contributed by atoms with E-state index in [1.807, 2.05) is 37.3 Å². The predicted octanol–water partition coefficient (Wildman–Crippen LogP) is 3.42. The summed E-state index contributed by atoms with van der Waals surface area (Å²) in [7, 11) is -0.905. The van der Waals surface area contributed by atoms with Crippen molar-refractivity contribution in [2.75, 3.05) is 18.8 Å². The first-order chi connectivity index (χ1) is 13.2. The number of benzene rings is 1. The van der Waals surface area contributed by atoms with E-state index >= 15 is 0 Å². The van der Waals surface area contributed by atoms with Gasteiger partial charge in [-0.2, -0.15) is 0 Å². The Morgan fingerprint density at radius 3 is 2.54 bits per heavy atom. The maximum absolute atomic E-state index is 12.3. The van der Waals surface area contributed by atoms with Crippen LogP contribution in [0.25, 0.3) is 0 Å². The van der Waals surface area contributed by atoms with Gasteiger partial charge in [0.1, 0.15) is 5.76 Å². The molecule has 0 saturated carbocycles. The highest BCUT2D eigenvalue weighted by Gasteiger charge is 2.13. The van der Waals surface area contributed by atoms with Gasteiger partial charge in [-0.15, -0.1) is 24.0 Å². The molecule has 1 aromatic carbocycles. The summed E-state index contributed by atoms with van der Waals surface area (Å²) in [4.78, 5) is 4.65. The summed E-state index contributed by atoms with van der Waals surface area (Å²) in [5, 5.41) is 10.6. The molecule has 1 heterocycles. The molecule has 2 N–H and O–H groups in total. The Bertz CT molecular complexity index is 728. The average Bonchev–Trinajstić information content (AvgIpc) is 3.08. The van der Waals surface area contributed by atoms with Crippen LogP contribution in [0.2, 0.25) is 0 Å². The standard InChI is InChI=1S/C20H30N4O2S.HI/c1-4-18-17(19(5-2)26-24-18)14-23-20(21-6-3)22-12-13-27(25)15-16-10-8-7-9-11-16;/h7-11H,4-6,12-15H2,1-3H3,(H2,21,22,23);1H. The number of halogens is 1. The smallest absolute Gasteiger partial charge is 0.191 e. The first-order valence-corrected chi connectivity index (χ1v) is 11.0. The molecule has 0 aliphatic rings. The van der Waals surface area contributed by atoms with Crippen LogP contribution in [0.5, 0.6) is 0 Å². The molecule has 0 radical (unpaired) electrons. The third-order valence-corrected chi connectivity index (χ3v) is 5.45. The maximum atomic E-state index is 12.3. The lowest BCUT2D eigenvalue weighted by molar-refractivity contribution is 0.380. The monoisotopic (exact) mass is 518 g/mol. The Kier molecular flexibility index (Phi) is 12.1. The van der Waals surface area contributed by atoms with Crippen molar-refractivity contribution in [3.05, 3.63) is 52.9 Å². The first kappa shape index (κ1) is 24.6. The number of hydrogen-bond donors (Lipinski definition) is 2. The first-order valence-electron chi connectivity index (χ1n) is 9.55. The molecule has 0 aliphatic carbocycles. The second-order valence-electron chi connectivity index (χ2n) is 6.13. The number of guanidine groups is 1. The van der Waals surface area contributed by atoms with Crippen molar-refractivity contribution in [1.29, 1.82) is 0 Å². The molecule has 0 aliphatic heterocycles. The van der Waals surface area contributed by atoms with Gasteiger partial charge in [0.25, 0.3) is 0 Å². The summed E-state index contributed by atoms with van der Waals surface area (Å²) in [6.45, 7) is 8.05. The molecule has 0 amide bonds. The summed E-state index contributed by atoms with van der Waals surface area (Å²) in [5.74, 6) is 2.78. The molecule has 1 atom stereocenters. The Morgan fingerprint density at radius 2 is 1.89 bits per heavy atom. The minimum absolute atomic E-state index is 0. The van der Waals surface area contributed by atoms with E-state index in [4.69, 9.17) is 4.52 Å². The number of hydrogen-bond acceptors (Lipinski definition) is 4. The van der Waals surface area contributed by atoms with E-state index in [0.29, 0.717) is 24.6 Å². The van der Waals surface area contributed by atoms with Crippen LogP contribution in [0.1, 0.15) is 43.4 Å². The third kappa shape index (κ3) is 7.90. The van der Waals surface area contributed by atoms with Gasteiger partial charge in [-0.3, -0.25) is 4.21 Å². The molecule has 2 aromatic rings. The minimum Gasteiger partial charge on any atom is -0.361 e. The Morgan fingerprint density at radius 1 is 1.14 bits per heavy atom. The molecule has 0 saturated heterocycles. The quantitative estimate of drug-likeness (QED) is 0.286. The predicted molar refractivity (Wildman–Crippen MR) is 127 cm³/mol. The number of aliphatic imine (C=N–C) groups is 1. The fraction of sp³-hybridized carbons (Fsp3) is 0.500. The van der Waals surface area contributed by atoms with Crippen LogP contribution in [0.3, 0.4) is 0 Å². The molecule has 8 heteroatoms. The topological polar surface area (TPSA) is 79.5 Å². The highest BCUT2D eigenvalue weighted by atomic mass is 127. The van der Waals surface area contributed by atoms with Crippen molar-refractivity contribution in [2.24, 2.45) is 4.99 Å².